The summed E-state index contributed by atoms with van der Waals surface area (Å²) in [6, 6.07) is 8.05. The molecule has 2 rings (SSSR count). The van der Waals surface area contributed by atoms with E-state index in [0.717, 1.165) is 15.6 Å². The monoisotopic (exact) mass is 358 g/mol. The van der Waals surface area contributed by atoms with Crippen LogP contribution in [0.5, 0.6) is 0 Å². The van der Waals surface area contributed by atoms with Crippen LogP contribution in [0.3, 0.4) is 0 Å². The highest BCUT2D eigenvalue weighted by Gasteiger charge is 2.12. The highest BCUT2D eigenvalue weighted by molar-refractivity contribution is 9.10. The van der Waals surface area contributed by atoms with Crippen LogP contribution in [0.1, 0.15) is 15.2 Å². The van der Waals surface area contributed by atoms with Gasteiger partial charge in [0.05, 0.1) is 4.90 Å². The summed E-state index contributed by atoms with van der Waals surface area (Å²) in [7, 11) is -3.28. The molecule has 0 amide bonds. The first-order valence-corrected chi connectivity index (χ1v) is 8.99. The van der Waals surface area contributed by atoms with E-state index in [1.54, 1.807) is 12.1 Å². The Hall–Kier alpha value is -0.980. The number of benzene rings is 1. The molecule has 0 aliphatic heterocycles. The number of hydrogen-bond acceptors (Lipinski definition) is 4. The minimum absolute atomic E-state index is 0.0835. The first-order valence-electron chi connectivity index (χ1n) is 5.42. The van der Waals surface area contributed by atoms with Crippen molar-refractivity contribution in [2.45, 2.75) is 11.3 Å². The number of halogens is 1. The van der Waals surface area contributed by atoms with Crippen LogP contribution < -0.4 is 0 Å². The smallest absolute Gasteiger partial charge is 0.175 e. The SMILES string of the molecule is CS(=O)(=O)c1cccc(C(=O)Cc2cc(Br)cs2)c1. The normalized spacial score (nSPS) is 11.5. The van der Waals surface area contributed by atoms with Gasteiger partial charge in [-0.1, -0.05) is 12.1 Å². The van der Waals surface area contributed by atoms with Crippen LogP contribution in [0, 0.1) is 0 Å². The second kappa shape index (κ2) is 5.56. The summed E-state index contributed by atoms with van der Waals surface area (Å²) in [5.41, 5.74) is 0.424. The molecular formula is C13H11BrO3S2. The molecule has 0 N–H and O–H groups in total. The zero-order valence-electron chi connectivity index (χ0n) is 10.1. The molecule has 2 aromatic rings. The Labute approximate surface area is 124 Å². The Bertz CT molecular complexity index is 717. The van der Waals surface area contributed by atoms with E-state index in [2.05, 4.69) is 15.9 Å². The van der Waals surface area contributed by atoms with Crippen LogP contribution >= 0.6 is 27.3 Å². The third kappa shape index (κ3) is 3.75. The third-order valence-corrected chi connectivity index (χ3v) is 5.35. The number of thiophene rings is 1. The van der Waals surface area contributed by atoms with Crippen molar-refractivity contribution in [3.05, 3.63) is 50.6 Å². The molecule has 0 radical (unpaired) electrons. The molecule has 0 spiro atoms. The van der Waals surface area contributed by atoms with Crippen LogP contribution in [-0.4, -0.2) is 20.5 Å². The second-order valence-electron chi connectivity index (χ2n) is 4.13. The molecule has 19 heavy (non-hydrogen) atoms. The quantitative estimate of drug-likeness (QED) is 0.787. The number of hydrogen-bond donors (Lipinski definition) is 0. The maximum atomic E-state index is 12.1. The summed E-state index contributed by atoms with van der Waals surface area (Å²) in [6.07, 6.45) is 1.41. The van der Waals surface area contributed by atoms with E-state index in [-0.39, 0.29) is 17.1 Å². The van der Waals surface area contributed by atoms with Gasteiger partial charge in [0.25, 0.3) is 0 Å². The summed E-state index contributed by atoms with van der Waals surface area (Å²) in [4.78, 5) is 13.2. The van der Waals surface area contributed by atoms with Gasteiger partial charge in [-0.3, -0.25) is 4.79 Å². The highest BCUT2D eigenvalue weighted by Crippen LogP contribution is 2.22. The summed E-state index contributed by atoms with van der Waals surface area (Å²) < 4.78 is 23.9. The summed E-state index contributed by atoms with van der Waals surface area (Å²) >= 11 is 4.83. The van der Waals surface area contributed by atoms with Crippen LogP contribution in [0.4, 0.5) is 0 Å². The molecule has 0 unspecified atom stereocenters. The Morgan fingerprint density at radius 1 is 1.32 bits per heavy atom. The van der Waals surface area contributed by atoms with Crippen LogP contribution in [0.25, 0.3) is 0 Å². The van der Waals surface area contributed by atoms with Gasteiger partial charge in [-0.25, -0.2) is 8.42 Å². The molecule has 6 heteroatoms. The summed E-state index contributed by atoms with van der Waals surface area (Å²) in [6.45, 7) is 0. The van der Waals surface area contributed by atoms with E-state index in [1.165, 1.54) is 23.5 Å². The Morgan fingerprint density at radius 2 is 2.05 bits per heavy atom. The molecule has 0 aliphatic rings. The fourth-order valence-electron chi connectivity index (χ4n) is 1.61. The van der Waals surface area contributed by atoms with E-state index >= 15 is 0 Å². The minimum atomic E-state index is -3.28. The van der Waals surface area contributed by atoms with Gasteiger partial charge in [0.15, 0.2) is 15.6 Å². The zero-order chi connectivity index (χ0) is 14.0. The number of ketones is 1. The van der Waals surface area contributed by atoms with Crippen molar-refractivity contribution < 1.29 is 13.2 Å². The van der Waals surface area contributed by atoms with Gasteiger partial charge in [-0.2, -0.15) is 0 Å². The molecule has 100 valence electrons. The predicted octanol–water partition coefficient (Wildman–Crippen LogP) is 3.34. The molecule has 0 fully saturated rings. The number of rotatable bonds is 4. The lowest BCUT2D eigenvalue weighted by Crippen LogP contribution is -2.04. The lowest BCUT2D eigenvalue weighted by Gasteiger charge is -2.02. The summed E-state index contributed by atoms with van der Waals surface area (Å²) in [5, 5.41) is 1.91. The largest absolute Gasteiger partial charge is 0.294 e. The fraction of sp³-hybridized carbons (Fsp3) is 0.154. The van der Waals surface area contributed by atoms with E-state index in [1.807, 2.05) is 11.4 Å². The lowest BCUT2D eigenvalue weighted by molar-refractivity contribution is 0.0993. The van der Waals surface area contributed by atoms with Gasteiger partial charge in [-0.05, 0) is 34.1 Å². The van der Waals surface area contributed by atoms with Crippen molar-refractivity contribution in [2.24, 2.45) is 0 Å². The highest BCUT2D eigenvalue weighted by atomic mass is 79.9. The molecule has 0 atom stereocenters. The number of sulfone groups is 1. The maximum absolute atomic E-state index is 12.1. The zero-order valence-corrected chi connectivity index (χ0v) is 13.3. The second-order valence-corrected chi connectivity index (χ2v) is 8.06. The van der Waals surface area contributed by atoms with Gasteiger partial charge in [0, 0.05) is 33.0 Å². The number of Topliss-reactive ketones (excluding diaryl/α,β-unsaturated/α-hetero) is 1. The van der Waals surface area contributed by atoms with Gasteiger partial charge < -0.3 is 0 Å². The first-order chi connectivity index (χ1) is 8.86. The van der Waals surface area contributed by atoms with Crippen molar-refractivity contribution in [1.82, 2.24) is 0 Å². The molecular weight excluding hydrogens is 348 g/mol. The summed E-state index contributed by atoms with van der Waals surface area (Å²) in [5.74, 6) is -0.0835. The lowest BCUT2D eigenvalue weighted by atomic mass is 10.1. The van der Waals surface area contributed by atoms with Gasteiger partial charge >= 0.3 is 0 Å². The first kappa shape index (κ1) is 14.4. The average Bonchev–Trinajstić information content (AvgIpc) is 2.74. The van der Waals surface area contributed by atoms with Crippen LogP contribution in [0.2, 0.25) is 0 Å². The van der Waals surface area contributed by atoms with Crippen LogP contribution in [0.15, 0.2) is 45.1 Å². The molecule has 0 bridgehead atoms. The average molecular weight is 359 g/mol. The Balaban J connectivity index is 2.25. The van der Waals surface area contributed by atoms with Crippen molar-refractivity contribution in [3.63, 3.8) is 0 Å². The topological polar surface area (TPSA) is 51.2 Å². The van der Waals surface area contributed by atoms with Gasteiger partial charge in [0.2, 0.25) is 0 Å². The van der Waals surface area contributed by atoms with E-state index in [9.17, 15) is 13.2 Å². The van der Waals surface area contributed by atoms with Crippen molar-refractivity contribution >= 4 is 42.9 Å². The molecule has 1 aromatic carbocycles. The van der Waals surface area contributed by atoms with Crippen molar-refractivity contribution in [3.8, 4) is 0 Å². The van der Waals surface area contributed by atoms with Crippen molar-refractivity contribution in [2.75, 3.05) is 6.26 Å². The Kier molecular flexibility index (Phi) is 4.23. The minimum Gasteiger partial charge on any atom is -0.294 e. The molecule has 0 saturated carbocycles. The van der Waals surface area contributed by atoms with Gasteiger partial charge in [0.1, 0.15) is 0 Å². The molecule has 1 aromatic heterocycles. The molecule has 0 saturated heterocycles. The van der Waals surface area contributed by atoms with Crippen LogP contribution in [-0.2, 0) is 16.3 Å². The van der Waals surface area contributed by atoms with E-state index in [4.69, 9.17) is 0 Å². The maximum Gasteiger partial charge on any atom is 0.175 e. The van der Waals surface area contributed by atoms with E-state index in [0.29, 0.717) is 5.56 Å². The van der Waals surface area contributed by atoms with Crippen molar-refractivity contribution in [1.29, 1.82) is 0 Å². The standard InChI is InChI=1S/C13H11BrO3S2/c1-19(16,17)12-4-2-3-9(5-12)13(15)7-11-6-10(14)8-18-11/h2-6,8H,7H2,1H3. The number of carbonyl (C=O) groups is 1. The Morgan fingerprint density at radius 3 is 2.63 bits per heavy atom. The molecule has 0 aliphatic carbocycles. The predicted molar refractivity (Wildman–Crippen MR) is 79.6 cm³/mol. The molecule has 1 heterocycles. The third-order valence-electron chi connectivity index (χ3n) is 2.54. The van der Waals surface area contributed by atoms with Gasteiger partial charge in [-0.15, -0.1) is 11.3 Å². The van der Waals surface area contributed by atoms with E-state index < -0.39 is 9.84 Å². The fourth-order valence-corrected chi connectivity index (χ4v) is 3.72. The number of carbonyl (C=O) groups excluding carboxylic acids is 1. The molecule has 3 nitrogen and oxygen atoms in total.